The van der Waals surface area contributed by atoms with E-state index in [0.717, 1.165) is 28.0 Å². The average Bonchev–Trinajstić information content (AvgIpc) is 2.45. The molecule has 2 rings (SSSR count). The molecule has 2 aromatic carbocycles. The third kappa shape index (κ3) is 4.14. The van der Waals surface area contributed by atoms with E-state index >= 15 is 0 Å². The zero-order valence-corrected chi connectivity index (χ0v) is 12.2. The summed E-state index contributed by atoms with van der Waals surface area (Å²) in [6.45, 7) is 4.92. The molecule has 0 unspecified atom stereocenters. The molecule has 0 amide bonds. The number of ether oxygens (including phenoxy) is 1. The third-order valence-electron chi connectivity index (χ3n) is 2.66. The number of nitrogens with one attached hydrogen (secondary N) is 1. The Morgan fingerprint density at radius 1 is 1.11 bits per heavy atom. The summed E-state index contributed by atoms with van der Waals surface area (Å²) in [6, 6.07) is 16.1. The Bertz CT molecular complexity index is 537. The van der Waals surface area contributed by atoms with Crippen LogP contribution in [0.4, 0.5) is 5.69 Å². The Balaban J connectivity index is 2.02. The molecule has 98 valence electrons. The van der Waals surface area contributed by atoms with Crippen LogP contribution in [0.1, 0.15) is 5.56 Å². The second-order valence-electron chi connectivity index (χ2n) is 4.07. The van der Waals surface area contributed by atoms with Crippen LogP contribution in [0.15, 0.2) is 65.7 Å². The van der Waals surface area contributed by atoms with Crippen molar-refractivity contribution < 1.29 is 4.74 Å². The van der Waals surface area contributed by atoms with E-state index in [1.165, 1.54) is 0 Å². The zero-order valence-electron chi connectivity index (χ0n) is 10.6. The van der Waals surface area contributed by atoms with Gasteiger partial charge >= 0.3 is 0 Å². The van der Waals surface area contributed by atoms with E-state index in [-0.39, 0.29) is 0 Å². The number of halogens is 1. The summed E-state index contributed by atoms with van der Waals surface area (Å²) in [5.41, 5.74) is 2.22. The normalized spacial score (nSPS) is 9.95. The maximum absolute atomic E-state index is 5.63. The topological polar surface area (TPSA) is 21.3 Å². The molecule has 19 heavy (non-hydrogen) atoms. The summed E-state index contributed by atoms with van der Waals surface area (Å²) in [6.07, 6.45) is 1.75. The number of hydrogen-bond donors (Lipinski definition) is 1. The first-order chi connectivity index (χ1) is 9.29. The van der Waals surface area contributed by atoms with Gasteiger partial charge < -0.3 is 10.1 Å². The molecule has 0 fully saturated rings. The van der Waals surface area contributed by atoms with Gasteiger partial charge in [-0.25, -0.2) is 0 Å². The van der Waals surface area contributed by atoms with Crippen LogP contribution in [0.5, 0.6) is 5.75 Å². The summed E-state index contributed by atoms with van der Waals surface area (Å²) < 4.78 is 6.70. The van der Waals surface area contributed by atoms with Gasteiger partial charge in [0.15, 0.2) is 0 Å². The van der Waals surface area contributed by atoms with Gasteiger partial charge in [-0.1, -0.05) is 46.8 Å². The third-order valence-corrected chi connectivity index (χ3v) is 3.19. The summed E-state index contributed by atoms with van der Waals surface area (Å²) in [5, 5.41) is 3.38. The standard InChI is InChI=1S/C16H16BrNO/c1-2-11-19-16-6-4-3-5-13(16)12-18-15-9-7-14(17)8-10-15/h2-10,18H,1,11-12H2. The predicted octanol–water partition coefficient (Wildman–Crippen LogP) is 4.63. The highest BCUT2D eigenvalue weighted by atomic mass is 79.9. The van der Waals surface area contributed by atoms with Crippen LogP contribution >= 0.6 is 15.9 Å². The zero-order chi connectivity index (χ0) is 13.5. The van der Waals surface area contributed by atoms with Crippen molar-refractivity contribution in [1.29, 1.82) is 0 Å². The maximum Gasteiger partial charge on any atom is 0.124 e. The van der Waals surface area contributed by atoms with E-state index in [2.05, 4.69) is 33.9 Å². The number of anilines is 1. The molecule has 0 aliphatic carbocycles. The summed E-state index contributed by atoms with van der Waals surface area (Å²) in [4.78, 5) is 0. The van der Waals surface area contributed by atoms with Crippen molar-refractivity contribution in [2.75, 3.05) is 11.9 Å². The van der Waals surface area contributed by atoms with Crippen molar-refractivity contribution in [3.05, 3.63) is 71.2 Å². The lowest BCUT2D eigenvalue weighted by Crippen LogP contribution is -2.03. The fraction of sp³-hybridized carbons (Fsp3) is 0.125. The molecule has 0 bridgehead atoms. The molecule has 0 spiro atoms. The van der Waals surface area contributed by atoms with E-state index in [4.69, 9.17) is 4.74 Å². The van der Waals surface area contributed by atoms with E-state index in [1.54, 1.807) is 6.08 Å². The molecule has 0 aliphatic heterocycles. The molecular formula is C16H16BrNO. The highest BCUT2D eigenvalue weighted by Gasteiger charge is 2.02. The summed E-state index contributed by atoms with van der Waals surface area (Å²) in [5.74, 6) is 0.895. The van der Waals surface area contributed by atoms with Gasteiger partial charge in [-0.05, 0) is 30.3 Å². The molecule has 3 heteroatoms. The first-order valence-corrected chi connectivity index (χ1v) is 6.90. The lowest BCUT2D eigenvalue weighted by atomic mass is 10.2. The highest BCUT2D eigenvalue weighted by Crippen LogP contribution is 2.20. The van der Waals surface area contributed by atoms with E-state index in [1.807, 2.05) is 42.5 Å². The number of para-hydroxylation sites is 1. The molecule has 0 saturated heterocycles. The minimum atomic E-state index is 0.523. The van der Waals surface area contributed by atoms with Crippen LogP contribution in [0.2, 0.25) is 0 Å². The second kappa shape index (κ2) is 7.00. The van der Waals surface area contributed by atoms with Crippen molar-refractivity contribution in [3.63, 3.8) is 0 Å². The molecule has 0 radical (unpaired) electrons. The van der Waals surface area contributed by atoms with Gasteiger partial charge in [-0.3, -0.25) is 0 Å². The molecule has 0 aromatic heterocycles. The van der Waals surface area contributed by atoms with Crippen molar-refractivity contribution in [2.24, 2.45) is 0 Å². The fourth-order valence-electron chi connectivity index (χ4n) is 1.70. The van der Waals surface area contributed by atoms with E-state index in [9.17, 15) is 0 Å². The van der Waals surface area contributed by atoms with E-state index in [0.29, 0.717) is 6.61 Å². The Hall–Kier alpha value is -1.74. The summed E-state index contributed by atoms with van der Waals surface area (Å²) >= 11 is 3.42. The monoisotopic (exact) mass is 317 g/mol. The van der Waals surface area contributed by atoms with Crippen LogP contribution in [0.3, 0.4) is 0 Å². The van der Waals surface area contributed by atoms with Gasteiger partial charge in [0.25, 0.3) is 0 Å². The molecular weight excluding hydrogens is 302 g/mol. The molecule has 2 nitrogen and oxygen atoms in total. The van der Waals surface area contributed by atoms with Crippen molar-refractivity contribution in [1.82, 2.24) is 0 Å². The lowest BCUT2D eigenvalue weighted by molar-refractivity contribution is 0.359. The van der Waals surface area contributed by atoms with Crippen molar-refractivity contribution in [2.45, 2.75) is 6.54 Å². The van der Waals surface area contributed by atoms with Crippen LogP contribution in [0, 0.1) is 0 Å². The van der Waals surface area contributed by atoms with Gasteiger partial charge in [0, 0.05) is 22.3 Å². The van der Waals surface area contributed by atoms with Crippen LogP contribution in [0.25, 0.3) is 0 Å². The molecule has 2 aromatic rings. The Morgan fingerprint density at radius 3 is 2.58 bits per heavy atom. The molecule has 0 atom stereocenters. The van der Waals surface area contributed by atoms with Gasteiger partial charge in [-0.15, -0.1) is 0 Å². The van der Waals surface area contributed by atoms with Crippen LogP contribution in [-0.2, 0) is 6.54 Å². The molecule has 1 N–H and O–H groups in total. The average molecular weight is 318 g/mol. The Labute approximate surface area is 122 Å². The molecule has 0 heterocycles. The van der Waals surface area contributed by atoms with Crippen molar-refractivity contribution >= 4 is 21.6 Å². The fourth-order valence-corrected chi connectivity index (χ4v) is 1.97. The second-order valence-corrected chi connectivity index (χ2v) is 4.98. The van der Waals surface area contributed by atoms with Crippen molar-refractivity contribution in [3.8, 4) is 5.75 Å². The highest BCUT2D eigenvalue weighted by molar-refractivity contribution is 9.10. The maximum atomic E-state index is 5.63. The van der Waals surface area contributed by atoms with Crippen LogP contribution < -0.4 is 10.1 Å². The lowest BCUT2D eigenvalue weighted by Gasteiger charge is -2.11. The van der Waals surface area contributed by atoms with Gasteiger partial charge in [-0.2, -0.15) is 0 Å². The van der Waals surface area contributed by atoms with Gasteiger partial charge in [0.05, 0.1) is 0 Å². The quantitative estimate of drug-likeness (QED) is 0.784. The first kappa shape index (κ1) is 13.7. The minimum absolute atomic E-state index is 0.523. The molecule has 0 saturated carbocycles. The van der Waals surface area contributed by atoms with E-state index < -0.39 is 0 Å². The number of rotatable bonds is 6. The van der Waals surface area contributed by atoms with Gasteiger partial charge in [0.2, 0.25) is 0 Å². The smallest absolute Gasteiger partial charge is 0.124 e. The summed E-state index contributed by atoms with van der Waals surface area (Å²) in [7, 11) is 0. The largest absolute Gasteiger partial charge is 0.489 e. The van der Waals surface area contributed by atoms with Gasteiger partial charge in [0.1, 0.15) is 12.4 Å². The van der Waals surface area contributed by atoms with Crippen LogP contribution in [-0.4, -0.2) is 6.61 Å². The number of benzene rings is 2. The SMILES string of the molecule is C=CCOc1ccccc1CNc1ccc(Br)cc1. The molecule has 0 aliphatic rings. The first-order valence-electron chi connectivity index (χ1n) is 6.10. The Kier molecular flexibility index (Phi) is 5.04. The predicted molar refractivity (Wildman–Crippen MR) is 83.6 cm³/mol. The number of hydrogen-bond acceptors (Lipinski definition) is 2. The Morgan fingerprint density at radius 2 is 1.84 bits per heavy atom. The minimum Gasteiger partial charge on any atom is -0.489 e.